The smallest absolute Gasteiger partial charge is 0.264 e. The molecule has 12 heavy (non-hydrogen) atoms. The van der Waals surface area contributed by atoms with Crippen LogP contribution < -0.4 is 0 Å². The maximum atomic E-state index is 8.74. The summed E-state index contributed by atoms with van der Waals surface area (Å²) in [6.45, 7) is 0. The van der Waals surface area contributed by atoms with Gasteiger partial charge in [-0.3, -0.25) is 18.2 Å². The van der Waals surface area contributed by atoms with Crippen LogP contribution in [0.5, 0.6) is 0 Å². The number of hydrogen-bond acceptors (Lipinski definition) is 4. The first kappa shape index (κ1) is 23.0. The predicted molar refractivity (Wildman–Crippen MR) is 38.3 cm³/mol. The van der Waals surface area contributed by atoms with Crippen molar-refractivity contribution in [2.75, 3.05) is 0 Å². The van der Waals surface area contributed by atoms with Crippen molar-refractivity contribution in [1.82, 2.24) is 0 Å². The Hall–Kier alpha value is 0.766. The zero-order valence-electron chi connectivity index (χ0n) is 4.55. The van der Waals surface area contributed by atoms with Crippen LogP contribution in [0.4, 0.5) is 0 Å². The molecule has 0 saturated heterocycles. The first-order valence-corrected chi connectivity index (χ1v) is 4.19. The molecule has 0 rings (SSSR count). The third-order valence-electron chi connectivity index (χ3n) is 0. The summed E-state index contributed by atoms with van der Waals surface area (Å²) >= 11 is 0. The molecule has 4 N–H and O–H groups in total. The van der Waals surface area contributed by atoms with Crippen LogP contribution in [-0.4, -0.2) is 52.4 Å². The fraction of sp³-hybridized carbons (Fsp3) is 0. The molecular formula is H7AlNiO8S2. The first-order valence-electron chi connectivity index (χ1n) is 1.40. The van der Waals surface area contributed by atoms with Gasteiger partial charge in [-0.15, -0.1) is 0 Å². The molecule has 0 aliphatic carbocycles. The van der Waals surface area contributed by atoms with Crippen molar-refractivity contribution in [1.29, 1.82) is 0 Å². The average Bonchev–Trinajstić information content (AvgIpc) is 1.12. The van der Waals surface area contributed by atoms with E-state index in [1.807, 2.05) is 0 Å². The molecule has 0 amide bonds. The summed E-state index contributed by atoms with van der Waals surface area (Å²) in [6.07, 6.45) is 0. The van der Waals surface area contributed by atoms with Crippen LogP contribution >= 0.6 is 0 Å². The summed E-state index contributed by atoms with van der Waals surface area (Å²) in [4.78, 5) is 0. The summed E-state index contributed by atoms with van der Waals surface area (Å²) in [5.74, 6) is 0. The van der Waals surface area contributed by atoms with Gasteiger partial charge in [-0.25, -0.2) is 0 Å². The fourth-order valence-electron chi connectivity index (χ4n) is 0. The quantitative estimate of drug-likeness (QED) is 0.282. The van der Waals surface area contributed by atoms with Crippen molar-refractivity contribution in [3.05, 3.63) is 0 Å². The van der Waals surface area contributed by atoms with Gasteiger partial charge in [0.15, 0.2) is 17.4 Å². The van der Waals surface area contributed by atoms with E-state index in [4.69, 9.17) is 35.0 Å². The van der Waals surface area contributed by atoms with Gasteiger partial charge in [-0.2, -0.15) is 16.8 Å². The van der Waals surface area contributed by atoms with Gasteiger partial charge in [-0.1, -0.05) is 0 Å². The van der Waals surface area contributed by atoms with E-state index < -0.39 is 20.8 Å². The fourth-order valence-corrected chi connectivity index (χ4v) is 0. The second-order valence-corrected chi connectivity index (χ2v) is 2.69. The van der Waals surface area contributed by atoms with Gasteiger partial charge >= 0.3 is 20.8 Å². The van der Waals surface area contributed by atoms with Crippen LogP contribution in [0.1, 0.15) is 0 Å². The summed E-state index contributed by atoms with van der Waals surface area (Å²) in [6, 6.07) is 0. The maximum absolute atomic E-state index is 8.74. The van der Waals surface area contributed by atoms with Crippen LogP contribution in [0.15, 0.2) is 0 Å². The first-order chi connectivity index (χ1) is 4.00. The Morgan fingerprint density at radius 3 is 0.667 bits per heavy atom. The Balaban J connectivity index is -0.0000000457. The Morgan fingerprint density at radius 1 is 0.667 bits per heavy atom. The van der Waals surface area contributed by atoms with Crippen molar-refractivity contribution in [3.8, 4) is 0 Å². The molecule has 12 heteroatoms. The van der Waals surface area contributed by atoms with Gasteiger partial charge in [0.1, 0.15) is 0 Å². The minimum atomic E-state index is -4.67. The second-order valence-electron chi connectivity index (χ2n) is 0.896. The van der Waals surface area contributed by atoms with Crippen molar-refractivity contribution in [2.24, 2.45) is 0 Å². The Labute approximate surface area is 89.6 Å². The van der Waals surface area contributed by atoms with Gasteiger partial charge in [0.25, 0.3) is 0 Å². The van der Waals surface area contributed by atoms with Crippen LogP contribution in [0, 0.1) is 0 Å². The molecule has 0 radical (unpaired) electrons. The molecule has 0 aliphatic heterocycles. The van der Waals surface area contributed by atoms with E-state index in [1.165, 1.54) is 0 Å². The second kappa shape index (κ2) is 8.37. The molecule has 80 valence electrons. The van der Waals surface area contributed by atoms with E-state index in [9.17, 15) is 0 Å². The van der Waals surface area contributed by atoms with Crippen LogP contribution in [0.3, 0.4) is 0 Å². The van der Waals surface area contributed by atoms with Crippen LogP contribution in [-0.2, 0) is 37.3 Å². The summed E-state index contributed by atoms with van der Waals surface area (Å²) in [5, 5.41) is 0. The van der Waals surface area contributed by atoms with E-state index in [0.29, 0.717) is 0 Å². The molecular weight excluding hydrogens is 278 g/mol. The van der Waals surface area contributed by atoms with Gasteiger partial charge in [-0.05, 0) is 0 Å². The topological polar surface area (TPSA) is 149 Å². The molecule has 0 atom stereocenters. The van der Waals surface area contributed by atoms with Gasteiger partial charge in [0.05, 0.1) is 0 Å². The third kappa shape index (κ3) is 1750. The van der Waals surface area contributed by atoms with Crippen molar-refractivity contribution < 1.29 is 51.5 Å². The van der Waals surface area contributed by atoms with Gasteiger partial charge in [0.2, 0.25) is 0 Å². The molecule has 0 aromatic rings. The zero-order valence-corrected chi connectivity index (χ0v) is 7.18. The Bertz CT molecular complexity index is 213. The van der Waals surface area contributed by atoms with Crippen molar-refractivity contribution in [3.63, 3.8) is 0 Å². The molecule has 0 unspecified atom stereocenters. The van der Waals surface area contributed by atoms with Crippen LogP contribution in [0.25, 0.3) is 0 Å². The minimum Gasteiger partial charge on any atom is -0.264 e. The third-order valence-corrected chi connectivity index (χ3v) is 0. The standard InChI is InChI=1S/Al.Ni.2H2O4S.3H/c;;2*1-5(2,3)4;;;/h;;2*(H2,1,2,3,4);;;. The maximum Gasteiger partial charge on any atom is 0.394 e. The Kier molecular flexibility index (Phi) is 16.0. The molecule has 0 saturated carbocycles. The van der Waals surface area contributed by atoms with Gasteiger partial charge < -0.3 is 0 Å². The predicted octanol–water partition coefficient (Wildman–Crippen LogP) is -2.49. The molecule has 0 fully saturated rings. The molecule has 0 aromatic heterocycles. The molecule has 0 aromatic carbocycles. The van der Waals surface area contributed by atoms with E-state index in [1.54, 1.807) is 0 Å². The Morgan fingerprint density at radius 2 is 0.667 bits per heavy atom. The molecule has 0 bridgehead atoms. The van der Waals surface area contributed by atoms with E-state index in [2.05, 4.69) is 0 Å². The number of hydrogen-bond donors (Lipinski definition) is 4. The van der Waals surface area contributed by atoms with Crippen molar-refractivity contribution >= 4 is 38.2 Å². The molecule has 8 nitrogen and oxygen atoms in total. The SMILES string of the molecule is O=S(=O)(O)O.O=S(=O)(O)O.[AlH3].[Ni]. The van der Waals surface area contributed by atoms with Crippen LogP contribution in [0.2, 0.25) is 0 Å². The largest absolute Gasteiger partial charge is 0.394 e. The monoisotopic (exact) mass is 284 g/mol. The normalized spacial score (nSPS) is 9.67. The van der Waals surface area contributed by atoms with Gasteiger partial charge in [0, 0.05) is 16.5 Å². The summed E-state index contributed by atoms with van der Waals surface area (Å²) < 4.78 is 63.2. The van der Waals surface area contributed by atoms with Crippen molar-refractivity contribution in [2.45, 2.75) is 0 Å². The summed E-state index contributed by atoms with van der Waals surface area (Å²) in [5.41, 5.74) is 0. The number of rotatable bonds is 0. The summed E-state index contributed by atoms with van der Waals surface area (Å²) in [7, 11) is -9.33. The minimum absolute atomic E-state index is 0. The molecule has 0 aliphatic rings. The molecule has 0 heterocycles. The average molecular weight is 285 g/mol. The van der Waals surface area contributed by atoms with E-state index in [-0.39, 0.29) is 33.9 Å². The zero-order chi connectivity index (χ0) is 9.00. The van der Waals surface area contributed by atoms with E-state index in [0.717, 1.165) is 0 Å². The van der Waals surface area contributed by atoms with E-state index >= 15 is 0 Å². The molecule has 0 spiro atoms.